The summed E-state index contributed by atoms with van der Waals surface area (Å²) in [6, 6.07) is 5.44. The van der Waals surface area contributed by atoms with E-state index >= 15 is 0 Å². The number of halogens is 2. The number of allylic oxidation sites excluding steroid dienone is 1. The van der Waals surface area contributed by atoms with Gasteiger partial charge in [0.1, 0.15) is 0 Å². The second-order valence-electron chi connectivity index (χ2n) is 5.43. The molecule has 1 nitrogen and oxygen atoms in total. The number of aliphatic hydroxyl groups excluding tert-OH is 1. The molecule has 2 rings (SSSR count). The van der Waals surface area contributed by atoms with E-state index in [2.05, 4.69) is 13.8 Å². The van der Waals surface area contributed by atoms with Crippen LogP contribution in [0.5, 0.6) is 0 Å². The highest BCUT2D eigenvalue weighted by molar-refractivity contribution is 6.34. The second-order valence-corrected chi connectivity index (χ2v) is 6.27. The van der Waals surface area contributed by atoms with E-state index in [9.17, 15) is 5.11 Å². The molecule has 1 unspecified atom stereocenters. The molecule has 3 heteroatoms. The van der Waals surface area contributed by atoms with Crippen LogP contribution in [-0.2, 0) is 0 Å². The van der Waals surface area contributed by atoms with Crippen LogP contribution in [0.2, 0.25) is 10.0 Å². The van der Waals surface area contributed by atoms with Crippen molar-refractivity contribution in [3.63, 3.8) is 0 Å². The highest BCUT2D eigenvalue weighted by Gasteiger charge is 2.28. The number of benzene rings is 1. The van der Waals surface area contributed by atoms with E-state index in [1.165, 1.54) is 0 Å². The van der Waals surface area contributed by atoms with Gasteiger partial charge in [0.2, 0.25) is 0 Å². The summed E-state index contributed by atoms with van der Waals surface area (Å²) in [6.07, 6.45) is 3.19. The van der Waals surface area contributed by atoms with Gasteiger partial charge in [-0.25, -0.2) is 0 Å². The topological polar surface area (TPSA) is 20.2 Å². The molecule has 0 radical (unpaired) electrons. The maximum atomic E-state index is 9.88. The van der Waals surface area contributed by atoms with Gasteiger partial charge in [0.15, 0.2) is 0 Å². The first-order valence-electron chi connectivity index (χ1n) is 5.72. The molecule has 17 heavy (non-hydrogen) atoms. The highest BCUT2D eigenvalue weighted by atomic mass is 35.5. The zero-order valence-corrected chi connectivity index (χ0v) is 11.5. The van der Waals surface area contributed by atoms with Gasteiger partial charge in [0.05, 0.1) is 6.10 Å². The molecule has 0 fully saturated rings. The van der Waals surface area contributed by atoms with Gasteiger partial charge in [-0.2, -0.15) is 0 Å². The summed E-state index contributed by atoms with van der Waals surface area (Å²) in [5.41, 5.74) is 2.11. The molecule has 1 aromatic rings. The average Bonchev–Trinajstić information content (AvgIpc) is 2.18. The zero-order valence-electron chi connectivity index (χ0n) is 10.0. The molecule has 1 aliphatic rings. The van der Waals surface area contributed by atoms with Gasteiger partial charge in [-0.15, -0.1) is 0 Å². The summed E-state index contributed by atoms with van der Waals surface area (Å²) in [5, 5.41) is 11.2. The minimum absolute atomic E-state index is 0.0924. The molecule has 1 aliphatic carbocycles. The Kier molecular flexibility index (Phi) is 3.53. The van der Waals surface area contributed by atoms with Gasteiger partial charge in [0, 0.05) is 10.0 Å². The molecule has 0 saturated carbocycles. The van der Waals surface area contributed by atoms with Gasteiger partial charge in [0.25, 0.3) is 0 Å². The molecule has 92 valence electrons. The largest absolute Gasteiger partial charge is 0.389 e. The SMILES string of the molecule is CC1(C)CC(c2cc(Cl)ccc2Cl)=CC(O)C1. The maximum absolute atomic E-state index is 9.88. The monoisotopic (exact) mass is 270 g/mol. The minimum Gasteiger partial charge on any atom is -0.389 e. The van der Waals surface area contributed by atoms with Crippen molar-refractivity contribution in [2.75, 3.05) is 0 Å². The van der Waals surface area contributed by atoms with Crippen molar-refractivity contribution in [3.05, 3.63) is 39.9 Å². The first-order chi connectivity index (χ1) is 7.87. The third-order valence-corrected chi connectivity index (χ3v) is 3.66. The van der Waals surface area contributed by atoms with E-state index in [0.717, 1.165) is 24.0 Å². The van der Waals surface area contributed by atoms with E-state index < -0.39 is 6.10 Å². The van der Waals surface area contributed by atoms with Crippen LogP contribution in [0.4, 0.5) is 0 Å². The van der Waals surface area contributed by atoms with Gasteiger partial charge >= 0.3 is 0 Å². The highest BCUT2D eigenvalue weighted by Crippen LogP contribution is 2.41. The number of hydrogen-bond acceptors (Lipinski definition) is 1. The van der Waals surface area contributed by atoms with Crippen molar-refractivity contribution < 1.29 is 5.11 Å². The van der Waals surface area contributed by atoms with Crippen molar-refractivity contribution in [2.24, 2.45) is 5.41 Å². The lowest BCUT2D eigenvalue weighted by atomic mass is 9.74. The van der Waals surface area contributed by atoms with Gasteiger partial charge in [-0.1, -0.05) is 43.1 Å². The number of aliphatic hydroxyl groups is 1. The average molecular weight is 271 g/mol. The molecule has 1 N–H and O–H groups in total. The summed E-state index contributed by atoms with van der Waals surface area (Å²) in [5.74, 6) is 0. The van der Waals surface area contributed by atoms with Crippen LogP contribution >= 0.6 is 23.2 Å². The predicted molar refractivity (Wildman–Crippen MR) is 73.5 cm³/mol. The molecule has 0 aromatic heterocycles. The van der Waals surface area contributed by atoms with Crippen molar-refractivity contribution in [1.82, 2.24) is 0 Å². The first-order valence-corrected chi connectivity index (χ1v) is 6.47. The van der Waals surface area contributed by atoms with Gasteiger partial charge in [-0.3, -0.25) is 0 Å². The second kappa shape index (κ2) is 4.64. The van der Waals surface area contributed by atoms with E-state index in [1.54, 1.807) is 12.1 Å². The Morgan fingerprint density at radius 3 is 2.65 bits per heavy atom. The Morgan fingerprint density at radius 1 is 1.29 bits per heavy atom. The van der Waals surface area contributed by atoms with Crippen LogP contribution in [0.25, 0.3) is 5.57 Å². The van der Waals surface area contributed by atoms with Crippen LogP contribution in [0, 0.1) is 5.41 Å². The molecule has 1 atom stereocenters. The summed E-state index contributed by atoms with van der Waals surface area (Å²) < 4.78 is 0. The third kappa shape index (κ3) is 3.04. The minimum atomic E-state index is -0.399. The van der Waals surface area contributed by atoms with E-state index in [4.69, 9.17) is 23.2 Å². The predicted octanol–water partition coefficient (Wildman–Crippen LogP) is 4.56. The normalized spacial score (nSPS) is 23.4. The van der Waals surface area contributed by atoms with E-state index in [-0.39, 0.29) is 5.41 Å². The Hall–Kier alpha value is -0.500. The van der Waals surface area contributed by atoms with Crippen molar-refractivity contribution in [3.8, 4) is 0 Å². The fraction of sp³-hybridized carbons (Fsp3) is 0.429. The van der Waals surface area contributed by atoms with Gasteiger partial charge in [-0.05, 0) is 47.6 Å². The fourth-order valence-electron chi connectivity index (χ4n) is 2.43. The lowest BCUT2D eigenvalue weighted by molar-refractivity contribution is 0.146. The smallest absolute Gasteiger partial charge is 0.0732 e. The van der Waals surface area contributed by atoms with Crippen molar-refractivity contribution in [2.45, 2.75) is 32.8 Å². The zero-order chi connectivity index (χ0) is 12.6. The summed E-state index contributed by atoms with van der Waals surface area (Å²) in [6.45, 7) is 4.31. The lowest BCUT2D eigenvalue weighted by Crippen LogP contribution is -2.24. The Labute approximate surface area is 112 Å². The lowest BCUT2D eigenvalue weighted by Gasteiger charge is -2.33. The molecule has 0 heterocycles. The van der Waals surface area contributed by atoms with Crippen LogP contribution in [0.3, 0.4) is 0 Å². The summed E-state index contributed by atoms with van der Waals surface area (Å²) >= 11 is 12.2. The molecule has 0 amide bonds. The van der Waals surface area contributed by atoms with Crippen molar-refractivity contribution >= 4 is 28.8 Å². The Balaban J connectivity index is 2.43. The molecular formula is C14H16Cl2O. The molecule has 0 bridgehead atoms. The van der Waals surface area contributed by atoms with Crippen LogP contribution < -0.4 is 0 Å². The molecule has 0 saturated heterocycles. The van der Waals surface area contributed by atoms with Crippen LogP contribution in [0.1, 0.15) is 32.3 Å². The Bertz CT molecular complexity index is 463. The quantitative estimate of drug-likeness (QED) is 0.794. The molecule has 0 aliphatic heterocycles. The summed E-state index contributed by atoms with van der Waals surface area (Å²) in [7, 11) is 0. The number of hydrogen-bond donors (Lipinski definition) is 1. The number of rotatable bonds is 1. The maximum Gasteiger partial charge on any atom is 0.0732 e. The molecule has 0 spiro atoms. The standard InChI is InChI=1S/C14H16Cl2O/c1-14(2)7-9(5-11(17)8-14)12-6-10(15)3-4-13(12)16/h3-6,11,17H,7-8H2,1-2H3. The fourth-order valence-corrected chi connectivity index (χ4v) is 2.84. The van der Waals surface area contributed by atoms with Gasteiger partial charge < -0.3 is 5.11 Å². The van der Waals surface area contributed by atoms with Crippen LogP contribution in [-0.4, -0.2) is 11.2 Å². The Morgan fingerprint density at radius 2 is 2.00 bits per heavy atom. The van der Waals surface area contributed by atoms with Crippen molar-refractivity contribution in [1.29, 1.82) is 0 Å². The van der Waals surface area contributed by atoms with E-state index in [0.29, 0.717) is 10.0 Å². The third-order valence-electron chi connectivity index (χ3n) is 3.10. The summed E-state index contributed by atoms with van der Waals surface area (Å²) in [4.78, 5) is 0. The van der Waals surface area contributed by atoms with Crippen LogP contribution in [0.15, 0.2) is 24.3 Å². The molecule has 1 aromatic carbocycles. The molecular weight excluding hydrogens is 255 g/mol. The first kappa shape index (κ1) is 12.9. The van der Waals surface area contributed by atoms with E-state index in [1.807, 2.05) is 12.1 Å².